The van der Waals surface area contributed by atoms with E-state index in [4.69, 9.17) is 23.2 Å². The fourth-order valence-electron chi connectivity index (χ4n) is 2.91. The van der Waals surface area contributed by atoms with Crippen molar-refractivity contribution in [2.24, 2.45) is 0 Å². The monoisotopic (exact) mass is 391 g/mol. The summed E-state index contributed by atoms with van der Waals surface area (Å²) in [6, 6.07) is 23.8. The Kier molecular flexibility index (Phi) is 4.85. The third-order valence-electron chi connectivity index (χ3n) is 4.34. The molecule has 0 saturated heterocycles. The van der Waals surface area contributed by atoms with Crippen LogP contribution in [0.3, 0.4) is 0 Å². The quantitative estimate of drug-likeness (QED) is 0.404. The highest BCUT2D eigenvalue weighted by molar-refractivity contribution is 6.39. The first kappa shape index (κ1) is 17.6. The molecule has 1 aromatic heterocycles. The number of aromatic hydroxyl groups is 1. The Morgan fingerprint density at radius 3 is 2.19 bits per heavy atom. The summed E-state index contributed by atoms with van der Waals surface area (Å²) in [5, 5.41) is 11.5. The largest absolute Gasteiger partial charge is 0.504 e. The van der Waals surface area contributed by atoms with Crippen molar-refractivity contribution < 1.29 is 5.11 Å². The van der Waals surface area contributed by atoms with Gasteiger partial charge in [0, 0.05) is 5.39 Å². The van der Waals surface area contributed by atoms with E-state index in [-0.39, 0.29) is 10.8 Å². The summed E-state index contributed by atoms with van der Waals surface area (Å²) in [6.07, 6.45) is 3.87. The van der Waals surface area contributed by atoms with Gasteiger partial charge in [0.25, 0.3) is 0 Å². The van der Waals surface area contributed by atoms with Crippen LogP contribution in [0.15, 0.2) is 72.8 Å². The summed E-state index contributed by atoms with van der Waals surface area (Å²) in [4.78, 5) is 4.47. The predicted molar refractivity (Wildman–Crippen MR) is 114 cm³/mol. The number of rotatable bonds is 3. The van der Waals surface area contributed by atoms with Crippen LogP contribution in [0.4, 0.5) is 0 Å². The molecule has 0 spiro atoms. The van der Waals surface area contributed by atoms with Crippen molar-refractivity contribution >= 4 is 46.3 Å². The molecule has 0 bridgehead atoms. The van der Waals surface area contributed by atoms with E-state index in [1.165, 1.54) is 17.2 Å². The average Bonchev–Trinajstić information content (AvgIpc) is 2.71. The van der Waals surface area contributed by atoms with Gasteiger partial charge in [-0.1, -0.05) is 83.9 Å². The topological polar surface area (TPSA) is 33.1 Å². The van der Waals surface area contributed by atoms with E-state index in [0.717, 1.165) is 5.56 Å². The van der Waals surface area contributed by atoms with E-state index < -0.39 is 0 Å². The predicted octanol–water partition coefficient (Wildman–Crippen LogP) is 7.08. The van der Waals surface area contributed by atoms with Gasteiger partial charge >= 0.3 is 0 Å². The number of fused-ring (bicyclic) bond motifs is 1. The maximum atomic E-state index is 10.2. The number of phenols is 1. The molecule has 4 rings (SSSR count). The fraction of sp³-hybridized carbons (Fsp3) is 0. The molecule has 0 amide bonds. The highest BCUT2D eigenvalue weighted by Gasteiger charge is 2.10. The smallest absolute Gasteiger partial charge is 0.160 e. The summed E-state index contributed by atoms with van der Waals surface area (Å²) in [7, 11) is 0. The molecule has 27 heavy (non-hydrogen) atoms. The highest BCUT2D eigenvalue weighted by Crippen LogP contribution is 2.36. The third-order valence-corrected chi connectivity index (χ3v) is 4.94. The van der Waals surface area contributed by atoms with Crippen LogP contribution in [0.1, 0.15) is 11.3 Å². The van der Waals surface area contributed by atoms with Crippen LogP contribution in [0.5, 0.6) is 5.75 Å². The molecular weight excluding hydrogens is 377 g/mol. The van der Waals surface area contributed by atoms with Crippen molar-refractivity contribution in [3.8, 4) is 16.9 Å². The molecule has 0 aliphatic rings. The summed E-state index contributed by atoms with van der Waals surface area (Å²) >= 11 is 12.2. The van der Waals surface area contributed by atoms with Crippen molar-refractivity contribution in [3.63, 3.8) is 0 Å². The van der Waals surface area contributed by atoms with Gasteiger partial charge in [-0.15, -0.1) is 0 Å². The van der Waals surface area contributed by atoms with Crippen LogP contribution in [0.2, 0.25) is 10.0 Å². The lowest BCUT2D eigenvalue weighted by atomic mass is 10.0. The van der Waals surface area contributed by atoms with Crippen LogP contribution in [-0.2, 0) is 0 Å². The maximum absolute atomic E-state index is 10.2. The minimum atomic E-state index is -0.0569. The second-order valence-corrected chi connectivity index (χ2v) is 6.96. The Balaban J connectivity index is 1.62. The zero-order valence-electron chi connectivity index (χ0n) is 14.2. The summed E-state index contributed by atoms with van der Waals surface area (Å²) in [5.41, 5.74) is 4.53. The zero-order chi connectivity index (χ0) is 18.8. The van der Waals surface area contributed by atoms with Gasteiger partial charge in [-0.2, -0.15) is 0 Å². The van der Waals surface area contributed by atoms with Gasteiger partial charge in [-0.3, -0.25) is 0 Å². The molecule has 0 radical (unpaired) electrons. The van der Waals surface area contributed by atoms with Gasteiger partial charge in [0.1, 0.15) is 5.52 Å². The van der Waals surface area contributed by atoms with Gasteiger partial charge in [0.2, 0.25) is 0 Å². The van der Waals surface area contributed by atoms with Crippen LogP contribution in [0.25, 0.3) is 34.2 Å². The molecule has 132 valence electrons. The standard InChI is InChI=1S/C23H15Cl2NO/c24-20-14-21(25)23(27)22-19(20)13-12-18(26-22)11-8-15-6-9-17(10-7-15)16-4-2-1-3-5-16/h1-14,27H. The molecule has 1 heterocycles. The molecule has 0 fully saturated rings. The molecule has 0 atom stereocenters. The molecule has 3 aromatic carbocycles. The molecule has 1 N–H and O–H groups in total. The van der Waals surface area contributed by atoms with Gasteiger partial charge in [0.05, 0.1) is 15.7 Å². The summed E-state index contributed by atoms with van der Waals surface area (Å²) in [5.74, 6) is -0.0569. The molecule has 0 aliphatic carbocycles. The van der Waals surface area contributed by atoms with E-state index in [0.29, 0.717) is 21.6 Å². The first-order chi connectivity index (χ1) is 13.1. The number of aromatic nitrogens is 1. The average molecular weight is 392 g/mol. The lowest BCUT2D eigenvalue weighted by molar-refractivity contribution is 0.480. The summed E-state index contributed by atoms with van der Waals surface area (Å²) < 4.78 is 0. The number of halogens is 2. The molecule has 4 heteroatoms. The van der Waals surface area contributed by atoms with Crippen molar-refractivity contribution in [2.45, 2.75) is 0 Å². The number of hydrogen-bond acceptors (Lipinski definition) is 2. The number of hydrogen-bond donors (Lipinski definition) is 1. The Labute approximate surface area is 167 Å². The van der Waals surface area contributed by atoms with Crippen molar-refractivity contribution in [1.29, 1.82) is 0 Å². The highest BCUT2D eigenvalue weighted by atomic mass is 35.5. The lowest BCUT2D eigenvalue weighted by Gasteiger charge is -2.06. The Morgan fingerprint density at radius 1 is 0.741 bits per heavy atom. The van der Waals surface area contributed by atoms with Crippen LogP contribution in [-0.4, -0.2) is 10.1 Å². The Bertz CT molecular complexity index is 1140. The van der Waals surface area contributed by atoms with E-state index in [2.05, 4.69) is 41.4 Å². The normalized spacial score (nSPS) is 11.3. The number of benzene rings is 3. The minimum absolute atomic E-state index is 0.0569. The van der Waals surface area contributed by atoms with Gasteiger partial charge in [0.15, 0.2) is 5.75 Å². The SMILES string of the molecule is Oc1c(Cl)cc(Cl)c2ccc(C=Cc3ccc(-c4ccccc4)cc3)nc12. The number of nitrogens with zero attached hydrogens (tertiary/aromatic N) is 1. The number of pyridine rings is 1. The second-order valence-electron chi connectivity index (χ2n) is 6.14. The maximum Gasteiger partial charge on any atom is 0.160 e. The Hall–Kier alpha value is -2.81. The molecule has 0 aliphatic heterocycles. The van der Waals surface area contributed by atoms with E-state index in [9.17, 15) is 5.11 Å². The minimum Gasteiger partial charge on any atom is -0.504 e. The number of phenolic OH excluding ortho intramolecular Hbond substituents is 1. The fourth-order valence-corrected chi connectivity index (χ4v) is 3.43. The van der Waals surface area contributed by atoms with Crippen LogP contribution < -0.4 is 0 Å². The van der Waals surface area contributed by atoms with E-state index >= 15 is 0 Å². The molecule has 0 unspecified atom stereocenters. The third kappa shape index (κ3) is 3.68. The molecule has 0 saturated carbocycles. The van der Waals surface area contributed by atoms with Gasteiger partial charge in [-0.05, 0) is 41.0 Å². The zero-order valence-corrected chi connectivity index (χ0v) is 15.7. The molecule has 4 aromatic rings. The van der Waals surface area contributed by atoms with Crippen molar-refractivity contribution in [3.05, 3.63) is 94.1 Å². The first-order valence-corrected chi connectivity index (χ1v) is 9.19. The van der Waals surface area contributed by atoms with Gasteiger partial charge < -0.3 is 5.11 Å². The van der Waals surface area contributed by atoms with Gasteiger partial charge in [-0.25, -0.2) is 4.98 Å². The van der Waals surface area contributed by atoms with Crippen molar-refractivity contribution in [2.75, 3.05) is 0 Å². The second kappa shape index (κ2) is 7.43. The first-order valence-electron chi connectivity index (χ1n) is 8.43. The van der Waals surface area contributed by atoms with Crippen molar-refractivity contribution in [1.82, 2.24) is 4.98 Å². The van der Waals surface area contributed by atoms with E-state index in [1.54, 1.807) is 0 Å². The Morgan fingerprint density at radius 2 is 1.44 bits per heavy atom. The van der Waals surface area contributed by atoms with Crippen LogP contribution >= 0.6 is 23.2 Å². The van der Waals surface area contributed by atoms with E-state index in [1.807, 2.05) is 42.5 Å². The molecule has 2 nitrogen and oxygen atoms in total. The summed E-state index contributed by atoms with van der Waals surface area (Å²) in [6.45, 7) is 0. The van der Waals surface area contributed by atoms with Crippen LogP contribution in [0, 0.1) is 0 Å². The lowest BCUT2D eigenvalue weighted by Crippen LogP contribution is -1.86. The molecular formula is C23H15Cl2NO.